The molecular weight excluding hydrogens is 400 g/mol. The standard InChI is InChI=1S/C16H26O13/c1-5(17)25-3-7-10(20)12(22)14(15(24)27-7)29-16-13(23)11(21)9(19)8(28-16)4-26-6(2)18/h7-16,19-24H,3-4H2,1-2H3/t7-,8-,9-,10-,11+,12+,13-,14-,15-,16+/m1/s1. The van der Waals surface area contributed by atoms with E-state index in [0.29, 0.717) is 0 Å². The lowest BCUT2D eigenvalue weighted by molar-refractivity contribution is -0.361. The minimum absolute atomic E-state index is 0.435. The van der Waals surface area contributed by atoms with Crippen LogP contribution in [-0.2, 0) is 33.3 Å². The average Bonchev–Trinajstić information content (AvgIpc) is 2.65. The molecule has 2 heterocycles. The highest BCUT2D eigenvalue weighted by atomic mass is 16.7. The molecule has 0 saturated carbocycles. The fourth-order valence-corrected chi connectivity index (χ4v) is 2.93. The summed E-state index contributed by atoms with van der Waals surface area (Å²) in [6.07, 6.45) is -16.2. The highest BCUT2D eigenvalue weighted by Crippen LogP contribution is 2.28. The molecule has 2 aliphatic rings. The minimum Gasteiger partial charge on any atom is -0.463 e. The van der Waals surface area contributed by atoms with Crippen LogP contribution in [0.5, 0.6) is 0 Å². The number of hydrogen-bond acceptors (Lipinski definition) is 13. The van der Waals surface area contributed by atoms with E-state index in [4.69, 9.17) is 18.9 Å². The topological polar surface area (TPSA) is 202 Å². The summed E-state index contributed by atoms with van der Waals surface area (Å²) in [6, 6.07) is 0. The van der Waals surface area contributed by atoms with Crippen LogP contribution in [0.4, 0.5) is 0 Å². The zero-order valence-corrected chi connectivity index (χ0v) is 15.7. The number of esters is 2. The van der Waals surface area contributed by atoms with Crippen molar-refractivity contribution in [2.45, 2.75) is 75.3 Å². The molecule has 0 aromatic rings. The second-order valence-corrected chi connectivity index (χ2v) is 6.77. The summed E-state index contributed by atoms with van der Waals surface area (Å²) < 4.78 is 25.1. The molecule has 0 spiro atoms. The Hall–Kier alpha value is -1.42. The molecule has 10 atom stereocenters. The van der Waals surface area contributed by atoms with E-state index in [1.165, 1.54) is 0 Å². The van der Waals surface area contributed by atoms with Crippen LogP contribution in [0.15, 0.2) is 0 Å². The first-order chi connectivity index (χ1) is 13.5. The molecule has 13 heteroatoms. The Bertz CT molecular complexity index is 571. The number of aliphatic hydroxyl groups excluding tert-OH is 6. The van der Waals surface area contributed by atoms with Crippen molar-refractivity contribution in [3.63, 3.8) is 0 Å². The Kier molecular flexibility index (Phi) is 8.28. The maximum absolute atomic E-state index is 10.9. The van der Waals surface area contributed by atoms with E-state index in [2.05, 4.69) is 4.74 Å². The van der Waals surface area contributed by atoms with Crippen molar-refractivity contribution in [2.75, 3.05) is 13.2 Å². The number of rotatable bonds is 6. The highest BCUT2D eigenvalue weighted by Gasteiger charge is 2.50. The maximum Gasteiger partial charge on any atom is 0.302 e. The number of carbonyl (C=O) groups is 2. The van der Waals surface area contributed by atoms with Gasteiger partial charge in [-0.05, 0) is 0 Å². The number of ether oxygens (including phenoxy) is 5. The molecular formula is C16H26O13. The van der Waals surface area contributed by atoms with Crippen molar-refractivity contribution in [3.8, 4) is 0 Å². The van der Waals surface area contributed by atoms with Gasteiger partial charge in [0.15, 0.2) is 12.6 Å². The van der Waals surface area contributed by atoms with E-state index in [1.807, 2.05) is 0 Å². The summed E-state index contributed by atoms with van der Waals surface area (Å²) in [5.74, 6) is -1.33. The second kappa shape index (κ2) is 10.1. The van der Waals surface area contributed by atoms with Crippen molar-refractivity contribution >= 4 is 11.9 Å². The fourth-order valence-electron chi connectivity index (χ4n) is 2.93. The predicted molar refractivity (Wildman–Crippen MR) is 87.7 cm³/mol. The summed E-state index contributed by atoms with van der Waals surface area (Å²) >= 11 is 0. The molecule has 13 nitrogen and oxygen atoms in total. The maximum atomic E-state index is 10.9. The van der Waals surface area contributed by atoms with Crippen molar-refractivity contribution in [1.29, 1.82) is 0 Å². The third kappa shape index (κ3) is 5.81. The van der Waals surface area contributed by atoms with Gasteiger partial charge in [0.2, 0.25) is 0 Å². The molecule has 0 unspecified atom stereocenters. The van der Waals surface area contributed by atoms with E-state index in [0.717, 1.165) is 13.8 Å². The van der Waals surface area contributed by atoms with Gasteiger partial charge in [-0.25, -0.2) is 0 Å². The van der Waals surface area contributed by atoms with E-state index >= 15 is 0 Å². The van der Waals surface area contributed by atoms with Crippen molar-refractivity contribution < 1.29 is 63.9 Å². The molecule has 0 aromatic carbocycles. The Morgan fingerprint density at radius 3 is 1.72 bits per heavy atom. The highest BCUT2D eigenvalue weighted by molar-refractivity contribution is 5.66. The van der Waals surface area contributed by atoms with Gasteiger partial charge in [0, 0.05) is 13.8 Å². The van der Waals surface area contributed by atoms with Gasteiger partial charge in [0.05, 0.1) is 0 Å². The Morgan fingerprint density at radius 2 is 1.21 bits per heavy atom. The predicted octanol–water partition coefficient (Wildman–Crippen LogP) is -4.26. The van der Waals surface area contributed by atoms with Crippen LogP contribution in [0.25, 0.3) is 0 Å². The Balaban J connectivity index is 2.04. The van der Waals surface area contributed by atoms with Gasteiger partial charge >= 0.3 is 11.9 Å². The lowest BCUT2D eigenvalue weighted by Crippen LogP contribution is -2.64. The molecule has 0 aromatic heterocycles. The molecule has 2 aliphatic heterocycles. The summed E-state index contributed by atoms with van der Waals surface area (Å²) in [7, 11) is 0. The fraction of sp³-hybridized carbons (Fsp3) is 0.875. The minimum atomic E-state index is -1.82. The van der Waals surface area contributed by atoms with Crippen molar-refractivity contribution in [3.05, 3.63) is 0 Å². The van der Waals surface area contributed by atoms with Crippen LogP contribution in [0.3, 0.4) is 0 Å². The van der Waals surface area contributed by atoms with E-state index in [9.17, 15) is 40.2 Å². The van der Waals surface area contributed by atoms with Crippen molar-refractivity contribution in [2.24, 2.45) is 0 Å². The Morgan fingerprint density at radius 1 is 0.724 bits per heavy atom. The molecule has 0 aliphatic carbocycles. The van der Waals surface area contributed by atoms with Crippen LogP contribution in [0, 0.1) is 0 Å². The quantitative estimate of drug-likeness (QED) is 0.223. The monoisotopic (exact) mass is 426 g/mol. The number of carbonyl (C=O) groups excluding carboxylic acids is 2. The van der Waals surface area contributed by atoms with E-state index < -0.39 is 86.6 Å². The van der Waals surface area contributed by atoms with Gasteiger partial charge in [0.25, 0.3) is 0 Å². The van der Waals surface area contributed by atoms with Gasteiger partial charge < -0.3 is 54.3 Å². The molecule has 2 saturated heterocycles. The molecule has 6 N–H and O–H groups in total. The molecule has 2 rings (SSSR count). The average molecular weight is 426 g/mol. The SMILES string of the molecule is CC(=O)OC[C@H]1O[C@@H](O[C@@H]2[C@@H](O)[C@H](O)[C@@H](COC(C)=O)O[C@H]2O)[C@H](O)[C@@H](O)[C@@H]1O. The third-order valence-corrected chi connectivity index (χ3v) is 4.52. The summed E-state index contributed by atoms with van der Waals surface area (Å²) in [6.45, 7) is 1.35. The molecule has 2 fully saturated rings. The van der Waals surface area contributed by atoms with Crippen LogP contribution in [0.1, 0.15) is 13.8 Å². The zero-order chi connectivity index (χ0) is 21.9. The summed E-state index contributed by atoms with van der Waals surface area (Å²) in [5, 5.41) is 60.5. The first kappa shape index (κ1) is 23.9. The molecule has 0 amide bonds. The summed E-state index contributed by atoms with van der Waals surface area (Å²) in [5.41, 5.74) is 0. The lowest BCUT2D eigenvalue weighted by Gasteiger charge is -2.45. The van der Waals surface area contributed by atoms with E-state index in [1.54, 1.807) is 0 Å². The molecule has 29 heavy (non-hydrogen) atoms. The van der Waals surface area contributed by atoms with Gasteiger partial charge in [-0.15, -0.1) is 0 Å². The summed E-state index contributed by atoms with van der Waals surface area (Å²) in [4.78, 5) is 21.8. The molecule has 168 valence electrons. The second-order valence-electron chi connectivity index (χ2n) is 6.77. The lowest BCUT2D eigenvalue weighted by atomic mass is 9.97. The first-order valence-electron chi connectivity index (χ1n) is 8.84. The third-order valence-electron chi connectivity index (χ3n) is 4.52. The largest absolute Gasteiger partial charge is 0.463 e. The van der Waals surface area contributed by atoms with Crippen LogP contribution in [0.2, 0.25) is 0 Å². The normalized spacial score (nSPS) is 42.9. The van der Waals surface area contributed by atoms with Crippen LogP contribution >= 0.6 is 0 Å². The van der Waals surface area contributed by atoms with Gasteiger partial charge in [-0.2, -0.15) is 0 Å². The van der Waals surface area contributed by atoms with Crippen molar-refractivity contribution in [1.82, 2.24) is 0 Å². The van der Waals surface area contributed by atoms with Crippen LogP contribution in [-0.4, -0.2) is 117 Å². The van der Waals surface area contributed by atoms with E-state index in [-0.39, 0.29) is 0 Å². The van der Waals surface area contributed by atoms with Gasteiger partial charge in [-0.1, -0.05) is 0 Å². The number of aliphatic hydroxyl groups is 6. The number of hydrogen-bond donors (Lipinski definition) is 6. The first-order valence-corrected chi connectivity index (χ1v) is 8.84. The Labute approximate surface area is 165 Å². The smallest absolute Gasteiger partial charge is 0.302 e. The van der Waals surface area contributed by atoms with Gasteiger partial charge in [-0.3, -0.25) is 9.59 Å². The van der Waals surface area contributed by atoms with Crippen LogP contribution < -0.4 is 0 Å². The zero-order valence-electron chi connectivity index (χ0n) is 15.7. The molecule has 0 radical (unpaired) electrons. The molecule has 0 bridgehead atoms. The van der Waals surface area contributed by atoms with Gasteiger partial charge in [0.1, 0.15) is 62.0 Å².